The molecule has 2 N–H and O–H groups in total. The highest BCUT2D eigenvalue weighted by Gasteiger charge is 2.17. The predicted octanol–water partition coefficient (Wildman–Crippen LogP) is 1.19. The van der Waals surface area contributed by atoms with Gasteiger partial charge in [-0.2, -0.15) is 0 Å². The number of hydrogen-bond donors (Lipinski definition) is 2. The Kier molecular flexibility index (Phi) is 6.54. The summed E-state index contributed by atoms with van der Waals surface area (Å²) in [6, 6.07) is 6.94. The van der Waals surface area contributed by atoms with E-state index in [1.54, 1.807) is 37.4 Å². The topological polar surface area (TPSA) is 78.5 Å². The number of nitrogens with one attached hydrogen (secondary N) is 2. The van der Waals surface area contributed by atoms with Crippen molar-refractivity contribution in [3.8, 4) is 0 Å². The lowest BCUT2D eigenvalue weighted by Crippen LogP contribution is -2.32. The predicted molar refractivity (Wildman–Crippen MR) is 92.3 cm³/mol. The Morgan fingerprint density at radius 1 is 1.12 bits per heavy atom. The summed E-state index contributed by atoms with van der Waals surface area (Å²) in [6.07, 6.45) is 5.57. The maximum absolute atomic E-state index is 11.8. The summed E-state index contributed by atoms with van der Waals surface area (Å²) in [4.78, 5) is 36.9. The van der Waals surface area contributed by atoms with E-state index >= 15 is 0 Å². The number of carbonyl (C=O) groups excluding carboxylic acids is 3. The van der Waals surface area contributed by atoms with Gasteiger partial charge in [-0.1, -0.05) is 12.1 Å². The summed E-state index contributed by atoms with van der Waals surface area (Å²) in [5.41, 5.74) is 1.39. The van der Waals surface area contributed by atoms with E-state index in [4.69, 9.17) is 0 Å². The molecule has 1 fully saturated rings. The van der Waals surface area contributed by atoms with Gasteiger partial charge >= 0.3 is 0 Å². The van der Waals surface area contributed by atoms with E-state index < -0.39 is 0 Å². The molecule has 1 aliphatic rings. The van der Waals surface area contributed by atoms with Crippen molar-refractivity contribution in [2.75, 3.05) is 26.7 Å². The van der Waals surface area contributed by atoms with E-state index in [0.717, 1.165) is 31.5 Å². The maximum atomic E-state index is 11.8. The van der Waals surface area contributed by atoms with Crippen molar-refractivity contribution in [1.82, 2.24) is 15.5 Å². The van der Waals surface area contributed by atoms with Crippen LogP contribution in [-0.2, 0) is 9.59 Å². The molecule has 0 bridgehead atoms. The quantitative estimate of drug-likeness (QED) is 0.770. The minimum absolute atomic E-state index is 0.0987. The highest BCUT2D eigenvalue weighted by atomic mass is 16.2. The van der Waals surface area contributed by atoms with Crippen molar-refractivity contribution in [2.45, 2.75) is 19.3 Å². The fraction of sp³-hybridized carbons (Fsp3) is 0.389. The zero-order valence-corrected chi connectivity index (χ0v) is 13.9. The van der Waals surface area contributed by atoms with Crippen LogP contribution in [0.2, 0.25) is 0 Å². The van der Waals surface area contributed by atoms with Gasteiger partial charge in [-0.25, -0.2) is 0 Å². The molecule has 6 heteroatoms. The zero-order chi connectivity index (χ0) is 17.4. The fourth-order valence-corrected chi connectivity index (χ4v) is 2.54. The van der Waals surface area contributed by atoms with Gasteiger partial charge in [0.2, 0.25) is 11.8 Å². The standard InChI is InChI=1S/C18H23N3O3/c1-19-18(24)15-7-4-14(5-8-15)6-9-16(22)20-11-10-17(23)21-12-2-3-13-21/h4-9H,2-3,10-13H2,1H3,(H,19,24)(H,20,22)/b9-6+. The summed E-state index contributed by atoms with van der Waals surface area (Å²) >= 11 is 0. The fourth-order valence-electron chi connectivity index (χ4n) is 2.54. The van der Waals surface area contributed by atoms with Crippen LogP contribution in [0.15, 0.2) is 30.3 Å². The first kappa shape index (κ1) is 17.7. The summed E-state index contributed by atoms with van der Waals surface area (Å²) < 4.78 is 0. The molecule has 3 amide bonds. The van der Waals surface area contributed by atoms with Crippen LogP contribution in [-0.4, -0.2) is 49.3 Å². The molecule has 1 aromatic rings. The molecule has 0 aliphatic carbocycles. The average Bonchev–Trinajstić information content (AvgIpc) is 3.14. The smallest absolute Gasteiger partial charge is 0.251 e. The number of nitrogens with zero attached hydrogens (tertiary/aromatic N) is 1. The molecular formula is C18H23N3O3. The summed E-state index contributed by atoms with van der Waals surface area (Å²) in [5, 5.41) is 5.26. The first-order chi connectivity index (χ1) is 11.6. The van der Waals surface area contributed by atoms with E-state index in [2.05, 4.69) is 10.6 Å². The molecule has 1 aliphatic heterocycles. The van der Waals surface area contributed by atoms with Gasteiger partial charge in [-0.3, -0.25) is 14.4 Å². The molecule has 24 heavy (non-hydrogen) atoms. The van der Waals surface area contributed by atoms with Crippen LogP contribution >= 0.6 is 0 Å². The highest BCUT2D eigenvalue weighted by molar-refractivity contribution is 5.95. The van der Waals surface area contributed by atoms with E-state index in [-0.39, 0.29) is 17.7 Å². The Morgan fingerprint density at radius 2 is 1.79 bits per heavy atom. The van der Waals surface area contributed by atoms with Crippen molar-refractivity contribution < 1.29 is 14.4 Å². The number of likely N-dealkylation sites (tertiary alicyclic amines) is 1. The molecule has 0 radical (unpaired) electrons. The SMILES string of the molecule is CNC(=O)c1ccc(/C=C/C(=O)NCCC(=O)N2CCCC2)cc1. The van der Waals surface area contributed by atoms with Crippen molar-refractivity contribution in [3.63, 3.8) is 0 Å². The number of carbonyl (C=O) groups is 3. The molecule has 0 atom stereocenters. The zero-order valence-electron chi connectivity index (χ0n) is 13.9. The van der Waals surface area contributed by atoms with Crippen LogP contribution in [0, 0.1) is 0 Å². The Morgan fingerprint density at radius 3 is 2.42 bits per heavy atom. The molecule has 2 rings (SSSR count). The van der Waals surface area contributed by atoms with Gasteiger partial charge in [0.1, 0.15) is 0 Å². The minimum Gasteiger partial charge on any atom is -0.355 e. The van der Waals surface area contributed by atoms with Crippen LogP contribution in [0.3, 0.4) is 0 Å². The summed E-state index contributed by atoms with van der Waals surface area (Å²) in [7, 11) is 1.58. The van der Waals surface area contributed by atoms with Crippen molar-refractivity contribution in [1.29, 1.82) is 0 Å². The average molecular weight is 329 g/mol. The van der Waals surface area contributed by atoms with Crippen molar-refractivity contribution >= 4 is 23.8 Å². The minimum atomic E-state index is -0.236. The Bertz CT molecular complexity index is 617. The number of hydrogen-bond acceptors (Lipinski definition) is 3. The molecule has 0 spiro atoms. The lowest BCUT2D eigenvalue weighted by Gasteiger charge is -2.14. The summed E-state index contributed by atoms with van der Waals surface area (Å²) in [6.45, 7) is 2.01. The van der Waals surface area contributed by atoms with Gasteiger partial charge in [0.25, 0.3) is 5.91 Å². The molecular weight excluding hydrogens is 306 g/mol. The Labute approximate surface area is 141 Å². The highest BCUT2D eigenvalue weighted by Crippen LogP contribution is 2.08. The molecule has 1 saturated heterocycles. The molecule has 6 nitrogen and oxygen atoms in total. The molecule has 1 heterocycles. The number of rotatable bonds is 6. The normalized spacial score (nSPS) is 14.0. The van der Waals surface area contributed by atoms with Gasteiger partial charge in [0.15, 0.2) is 0 Å². The van der Waals surface area contributed by atoms with Crippen LogP contribution < -0.4 is 10.6 Å². The first-order valence-corrected chi connectivity index (χ1v) is 8.16. The molecule has 0 saturated carbocycles. The third-order valence-electron chi connectivity index (χ3n) is 3.92. The van der Waals surface area contributed by atoms with E-state index in [1.165, 1.54) is 6.08 Å². The van der Waals surface area contributed by atoms with Crippen molar-refractivity contribution in [3.05, 3.63) is 41.5 Å². The summed E-state index contributed by atoms with van der Waals surface area (Å²) in [5.74, 6) is -0.285. The molecule has 128 valence electrons. The van der Waals surface area contributed by atoms with Crippen LogP contribution in [0.1, 0.15) is 35.2 Å². The second-order valence-corrected chi connectivity index (χ2v) is 5.66. The third-order valence-corrected chi connectivity index (χ3v) is 3.92. The molecule has 1 aromatic carbocycles. The Balaban J connectivity index is 1.74. The van der Waals surface area contributed by atoms with Gasteiger partial charge in [-0.05, 0) is 36.6 Å². The van der Waals surface area contributed by atoms with Crippen LogP contribution in [0.4, 0.5) is 0 Å². The van der Waals surface area contributed by atoms with Crippen LogP contribution in [0.5, 0.6) is 0 Å². The van der Waals surface area contributed by atoms with Crippen molar-refractivity contribution in [2.24, 2.45) is 0 Å². The second-order valence-electron chi connectivity index (χ2n) is 5.66. The van der Waals surface area contributed by atoms with E-state index in [0.29, 0.717) is 18.5 Å². The lowest BCUT2D eigenvalue weighted by atomic mass is 10.1. The van der Waals surface area contributed by atoms with Gasteiger partial charge < -0.3 is 15.5 Å². The molecule has 0 unspecified atom stereocenters. The Hall–Kier alpha value is -2.63. The van der Waals surface area contributed by atoms with E-state index in [1.807, 2.05) is 4.90 Å². The number of benzene rings is 1. The third kappa shape index (κ3) is 5.22. The number of amides is 3. The van der Waals surface area contributed by atoms with E-state index in [9.17, 15) is 14.4 Å². The molecule has 0 aromatic heterocycles. The largest absolute Gasteiger partial charge is 0.355 e. The monoisotopic (exact) mass is 329 g/mol. The van der Waals surface area contributed by atoms with Crippen LogP contribution in [0.25, 0.3) is 6.08 Å². The van der Waals surface area contributed by atoms with Gasteiger partial charge in [0, 0.05) is 44.7 Å². The van der Waals surface area contributed by atoms with Gasteiger partial charge in [0.05, 0.1) is 0 Å². The van der Waals surface area contributed by atoms with Gasteiger partial charge in [-0.15, -0.1) is 0 Å². The first-order valence-electron chi connectivity index (χ1n) is 8.16. The lowest BCUT2D eigenvalue weighted by molar-refractivity contribution is -0.130. The maximum Gasteiger partial charge on any atom is 0.251 e. The second kappa shape index (κ2) is 8.86.